The topological polar surface area (TPSA) is 67.2 Å². The average Bonchev–Trinajstić information content (AvgIpc) is 2.92. The summed E-state index contributed by atoms with van der Waals surface area (Å²) in [5.41, 5.74) is 7.29. The summed E-state index contributed by atoms with van der Waals surface area (Å²) < 4.78 is 0. The Morgan fingerprint density at radius 3 is 2.43 bits per heavy atom. The Morgan fingerprint density at radius 1 is 1.17 bits per heavy atom. The molecule has 0 amide bonds. The summed E-state index contributed by atoms with van der Waals surface area (Å²) in [5.74, 6) is 1.68. The summed E-state index contributed by atoms with van der Waals surface area (Å²) in [6, 6.07) is 7.01. The van der Waals surface area contributed by atoms with E-state index in [1.54, 1.807) is 6.20 Å². The van der Waals surface area contributed by atoms with Crippen LogP contribution in [-0.4, -0.2) is 54.7 Å². The van der Waals surface area contributed by atoms with Crippen LogP contribution in [0.1, 0.15) is 25.8 Å². The van der Waals surface area contributed by atoms with E-state index in [-0.39, 0.29) is 0 Å². The SMILES string of the molecule is CC1NNC(C)C1CCN1CCN(c2ccc(C#N)cn2)CC1. The molecule has 0 saturated carbocycles. The lowest BCUT2D eigenvalue weighted by atomic mass is 9.93. The van der Waals surface area contributed by atoms with Crippen molar-refractivity contribution in [2.24, 2.45) is 5.92 Å². The van der Waals surface area contributed by atoms with Crippen molar-refractivity contribution in [1.82, 2.24) is 20.7 Å². The largest absolute Gasteiger partial charge is 0.354 e. The van der Waals surface area contributed by atoms with E-state index in [9.17, 15) is 0 Å². The predicted molar refractivity (Wildman–Crippen MR) is 90.9 cm³/mol. The van der Waals surface area contributed by atoms with E-state index >= 15 is 0 Å². The molecule has 0 radical (unpaired) electrons. The number of nitrogens with one attached hydrogen (secondary N) is 2. The van der Waals surface area contributed by atoms with E-state index in [1.807, 2.05) is 12.1 Å². The lowest BCUT2D eigenvalue weighted by Gasteiger charge is -2.36. The van der Waals surface area contributed by atoms with E-state index < -0.39 is 0 Å². The van der Waals surface area contributed by atoms with Gasteiger partial charge in [-0.2, -0.15) is 5.26 Å². The third kappa shape index (κ3) is 3.81. The molecule has 0 bridgehead atoms. The van der Waals surface area contributed by atoms with Crippen LogP contribution in [-0.2, 0) is 0 Å². The van der Waals surface area contributed by atoms with Crippen molar-refractivity contribution in [3.63, 3.8) is 0 Å². The van der Waals surface area contributed by atoms with Gasteiger partial charge < -0.3 is 4.90 Å². The molecule has 2 N–H and O–H groups in total. The molecule has 2 fully saturated rings. The van der Waals surface area contributed by atoms with Crippen LogP contribution in [0, 0.1) is 17.2 Å². The normalized spacial score (nSPS) is 28.7. The van der Waals surface area contributed by atoms with Crippen molar-refractivity contribution >= 4 is 5.82 Å². The minimum absolute atomic E-state index is 0.550. The highest BCUT2D eigenvalue weighted by atomic mass is 15.4. The number of nitrogens with zero attached hydrogens (tertiary/aromatic N) is 4. The molecule has 1 aromatic rings. The van der Waals surface area contributed by atoms with Crippen molar-refractivity contribution < 1.29 is 0 Å². The van der Waals surface area contributed by atoms with Gasteiger partial charge >= 0.3 is 0 Å². The molecule has 2 atom stereocenters. The monoisotopic (exact) mass is 314 g/mol. The summed E-state index contributed by atoms with van der Waals surface area (Å²) in [7, 11) is 0. The van der Waals surface area contributed by atoms with Gasteiger partial charge in [0.15, 0.2) is 0 Å². The number of pyridine rings is 1. The first-order valence-corrected chi connectivity index (χ1v) is 8.52. The van der Waals surface area contributed by atoms with Gasteiger partial charge in [0.1, 0.15) is 11.9 Å². The van der Waals surface area contributed by atoms with Gasteiger partial charge in [0.25, 0.3) is 0 Å². The number of rotatable bonds is 4. The zero-order valence-corrected chi connectivity index (χ0v) is 14.0. The van der Waals surface area contributed by atoms with Gasteiger partial charge in [-0.05, 0) is 44.9 Å². The number of hydrazine groups is 1. The third-order valence-corrected chi connectivity index (χ3v) is 5.18. The maximum atomic E-state index is 8.84. The van der Waals surface area contributed by atoms with Crippen LogP contribution < -0.4 is 15.8 Å². The summed E-state index contributed by atoms with van der Waals surface area (Å²) in [4.78, 5) is 9.26. The maximum absolute atomic E-state index is 8.84. The van der Waals surface area contributed by atoms with Crippen LogP contribution in [0.25, 0.3) is 0 Å². The number of aromatic nitrogens is 1. The summed E-state index contributed by atoms with van der Waals surface area (Å²) in [6.45, 7) is 9.86. The molecule has 1 aromatic heterocycles. The Labute approximate surface area is 138 Å². The van der Waals surface area contributed by atoms with Crippen LogP contribution in [0.3, 0.4) is 0 Å². The number of hydrogen-bond donors (Lipinski definition) is 2. The van der Waals surface area contributed by atoms with Crippen LogP contribution in [0.15, 0.2) is 18.3 Å². The lowest BCUT2D eigenvalue weighted by molar-refractivity contribution is 0.230. The standard InChI is InChI=1S/C17H26N6/c1-13-16(14(2)21-20-13)5-6-22-7-9-23(10-8-22)17-4-3-15(11-18)12-19-17/h3-4,12-14,16,20-21H,5-10H2,1-2H3. The van der Waals surface area contributed by atoms with Crippen LogP contribution >= 0.6 is 0 Å². The molecule has 6 heteroatoms. The number of anilines is 1. The van der Waals surface area contributed by atoms with Crippen molar-refractivity contribution in [2.75, 3.05) is 37.6 Å². The van der Waals surface area contributed by atoms with E-state index in [2.05, 4.69) is 45.6 Å². The Bertz CT molecular complexity index is 533. The van der Waals surface area contributed by atoms with E-state index in [0.29, 0.717) is 23.6 Å². The first kappa shape index (κ1) is 16.2. The molecule has 124 valence electrons. The van der Waals surface area contributed by atoms with Gasteiger partial charge in [0.05, 0.1) is 5.56 Å². The summed E-state index contributed by atoms with van der Waals surface area (Å²) in [6.07, 6.45) is 2.89. The molecule has 2 saturated heterocycles. The molecule has 23 heavy (non-hydrogen) atoms. The quantitative estimate of drug-likeness (QED) is 0.863. The van der Waals surface area contributed by atoms with Crippen molar-refractivity contribution in [3.8, 4) is 6.07 Å². The lowest BCUT2D eigenvalue weighted by Crippen LogP contribution is -2.47. The van der Waals surface area contributed by atoms with Gasteiger partial charge in [-0.15, -0.1) is 0 Å². The van der Waals surface area contributed by atoms with E-state index in [0.717, 1.165) is 38.5 Å². The second kappa shape index (κ2) is 7.26. The van der Waals surface area contributed by atoms with Crippen LogP contribution in [0.4, 0.5) is 5.82 Å². The van der Waals surface area contributed by atoms with Gasteiger partial charge in [0, 0.05) is 44.5 Å². The van der Waals surface area contributed by atoms with Gasteiger partial charge in [-0.1, -0.05) is 0 Å². The van der Waals surface area contributed by atoms with Crippen LogP contribution in [0.5, 0.6) is 0 Å². The van der Waals surface area contributed by atoms with Gasteiger partial charge in [-0.25, -0.2) is 4.98 Å². The molecule has 3 rings (SSSR count). The van der Waals surface area contributed by atoms with Gasteiger partial charge in [0.2, 0.25) is 0 Å². The molecule has 3 heterocycles. The molecule has 2 unspecified atom stereocenters. The molecule has 6 nitrogen and oxygen atoms in total. The number of hydrogen-bond acceptors (Lipinski definition) is 6. The zero-order chi connectivity index (χ0) is 16.2. The fourth-order valence-electron chi connectivity index (χ4n) is 3.58. The smallest absolute Gasteiger partial charge is 0.128 e. The van der Waals surface area contributed by atoms with Crippen molar-refractivity contribution in [1.29, 1.82) is 5.26 Å². The highest BCUT2D eigenvalue weighted by Gasteiger charge is 2.30. The minimum atomic E-state index is 0.550. The molecular formula is C17H26N6. The summed E-state index contributed by atoms with van der Waals surface area (Å²) in [5, 5.41) is 8.84. The second-order valence-corrected chi connectivity index (χ2v) is 6.66. The molecule has 2 aliphatic rings. The zero-order valence-electron chi connectivity index (χ0n) is 14.0. The Morgan fingerprint density at radius 2 is 1.87 bits per heavy atom. The van der Waals surface area contributed by atoms with Crippen molar-refractivity contribution in [3.05, 3.63) is 23.9 Å². The first-order chi connectivity index (χ1) is 11.2. The maximum Gasteiger partial charge on any atom is 0.128 e. The number of nitriles is 1. The highest BCUT2D eigenvalue weighted by molar-refractivity contribution is 5.42. The number of piperazine rings is 1. The third-order valence-electron chi connectivity index (χ3n) is 5.18. The first-order valence-electron chi connectivity index (χ1n) is 8.52. The average molecular weight is 314 g/mol. The predicted octanol–water partition coefficient (Wildman–Crippen LogP) is 0.966. The van der Waals surface area contributed by atoms with Gasteiger partial charge in [-0.3, -0.25) is 15.8 Å². The minimum Gasteiger partial charge on any atom is -0.354 e. The molecule has 0 aliphatic carbocycles. The van der Waals surface area contributed by atoms with E-state index in [4.69, 9.17) is 5.26 Å². The molecule has 0 aromatic carbocycles. The van der Waals surface area contributed by atoms with E-state index in [1.165, 1.54) is 6.42 Å². The highest BCUT2D eigenvalue weighted by Crippen LogP contribution is 2.20. The summed E-state index contributed by atoms with van der Waals surface area (Å²) >= 11 is 0. The fourth-order valence-corrected chi connectivity index (χ4v) is 3.58. The Balaban J connectivity index is 1.45. The Kier molecular flexibility index (Phi) is 5.11. The molecular weight excluding hydrogens is 288 g/mol. The van der Waals surface area contributed by atoms with Crippen LogP contribution in [0.2, 0.25) is 0 Å². The Hall–Kier alpha value is -1.68. The molecule has 2 aliphatic heterocycles. The second-order valence-electron chi connectivity index (χ2n) is 6.66. The fraction of sp³-hybridized carbons (Fsp3) is 0.647. The molecule has 0 spiro atoms. The van der Waals surface area contributed by atoms with Crippen molar-refractivity contribution in [2.45, 2.75) is 32.4 Å².